The lowest BCUT2D eigenvalue weighted by atomic mass is 9.90. The fourth-order valence-corrected chi connectivity index (χ4v) is 2.59. The zero-order valence-electron chi connectivity index (χ0n) is 10.9. The number of hydrogen-bond acceptors (Lipinski definition) is 3. The van der Waals surface area contributed by atoms with Crippen LogP contribution in [0, 0.1) is 5.92 Å². The Morgan fingerprint density at radius 1 is 1.53 bits per heavy atom. The molecule has 0 aromatic carbocycles. The largest absolute Gasteiger partial charge is 0.308 e. The first-order valence-corrected chi connectivity index (χ1v) is 6.73. The molecule has 0 bridgehead atoms. The number of aromatic amines is 1. The highest BCUT2D eigenvalue weighted by molar-refractivity contribution is 4.97. The summed E-state index contributed by atoms with van der Waals surface area (Å²) >= 11 is 0. The van der Waals surface area contributed by atoms with Crippen LogP contribution in [-0.4, -0.2) is 40.8 Å². The third kappa shape index (κ3) is 3.54. The van der Waals surface area contributed by atoms with E-state index in [4.69, 9.17) is 0 Å². The molecule has 4 heteroatoms. The molecule has 1 fully saturated rings. The smallest absolute Gasteiger partial charge is 0.0490 e. The van der Waals surface area contributed by atoms with Gasteiger partial charge in [-0.2, -0.15) is 5.10 Å². The van der Waals surface area contributed by atoms with Gasteiger partial charge in [-0.3, -0.25) is 5.10 Å². The van der Waals surface area contributed by atoms with Gasteiger partial charge in [-0.05, 0) is 51.4 Å². The van der Waals surface area contributed by atoms with Crippen LogP contribution in [0.4, 0.5) is 0 Å². The van der Waals surface area contributed by atoms with Crippen LogP contribution in [0.25, 0.3) is 0 Å². The first-order valence-electron chi connectivity index (χ1n) is 6.73. The summed E-state index contributed by atoms with van der Waals surface area (Å²) in [5.74, 6) is 0.820. The number of H-pyrrole nitrogens is 1. The zero-order valence-corrected chi connectivity index (χ0v) is 10.9. The van der Waals surface area contributed by atoms with Gasteiger partial charge in [0.2, 0.25) is 0 Å². The number of nitrogens with zero attached hydrogens (tertiary/aromatic N) is 2. The quantitative estimate of drug-likeness (QED) is 0.816. The van der Waals surface area contributed by atoms with Crippen LogP contribution in [0.3, 0.4) is 0 Å². The van der Waals surface area contributed by atoms with E-state index in [2.05, 4.69) is 34.3 Å². The fourth-order valence-electron chi connectivity index (χ4n) is 2.59. The Hall–Kier alpha value is -0.870. The summed E-state index contributed by atoms with van der Waals surface area (Å²) in [6, 6.07) is 2.62. The minimum absolute atomic E-state index is 0.595. The van der Waals surface area contributed by atoms with E-state index in [1.807, 2.05) is 6.07 Å². The molecule has 0 aliphatic carbocycles. The molecule has 17 heavy (non-hydrogen) atoms. The van der Waals surface area contributed by atoms with Crippen molar-refractivity contribution in [3.63, 3.8) is 0 Å². The molecule has 1 unspecified atom stereocenters. The Morgan fingerprint density at radius 2 is 2.29 bits per heavy atom. The number of aromatic nitrogens is 2. The monoisotopic (exact) mass is 236 g/mol. The summed E-state index contributed by atoms with van der Waals surface area (Å²) in [6.45, 7) is 9.18. The van der Waals surface area contributed by atoms with Crippen molar-refractivity contribution in [3.05, 3.63) is 18.0 Å². The van der Waals surface area contributed by atoms with Crippen molar-refractivity contribution in [2.75, 3.05) is 19.6 Å². The summed E-state index contributed by atoms with van der Waals surface area (Å²) in [6.07, 6.45) is 4.46. The van der Waals surface area contributed by atoms with E-state index in [0.717, 1.165) is 12.5 Å². The van der Waals surface area contributed by atoms with Gasteiger partial charge in [0.05, 0.1) is 0 Å². The van der Waals surface area contributed by atoms with Crippen molar-refractivity contribution in [1.29, 1.82) is 0 Å². The van der Waals surface area contributed by atoms with E-state index in [0.29, 0.717) is 6.04 Å². The molecule has 0 spiro atoms. The molecule has 1 atom stereocenters. The molecule has 2 N–H and O–H groups in total. The van der Waals surface area contributed by atoms with Gasteiger partial charge in [0.25, 0.3) is 0 Å². The molecule has 2 heterocycles. The van der Waals surface area contributed by atoms with Crippen molar-refractivity contribution in [2.45, 2.75) is 39.3 Å². The standard InChI is InChI=1S/C13H24N4/c1-3-17-8-5-12(6-9-17)11(2)14-10-13-4-7-15-16-13/h4,7,11-12,14H,3,5-6,8-10H2,1-2H3,(H,15,16). The second-order valence-corrected chi connectivity index (χ2v) is 5.02. The Kier molecular flexibility index (Phi) is 4.57. The van der Waals surface area contributed by atoms with Crippen LogP contribution >= 0.6 is 0 Å². The second kappa shape index (κ2) is 6.17. The average molecular weight is 236 g/mol. The van der Waals surface area contributed by atoms with Crippen molar-refractivity contribution >= 4 is 0 Å². The van der Waals surface area contributed by atoms with E-state index in [1.54, 1.807) is 6.20 Å². The molecule has 1 aliphatic rings. The maximum Gasteiger partial charge on any atom is 0.0490 e. The molecule has 0 amide bonds. The summed E-state index contributed by atoms with van der Waals surface area (Å²) < 4.78 is 0. The van der Waals surface area contributed by atoms with Crippen LogP contribution in [0.1, 0.15) is 32.4 Å². The van der Waals surface area contributed by atoms with Gasteiger partial charge < -0.3 is 10.2 Å². The highest BCUT2D eigenvalue weighted by Gasteiger charge is 2.22. The molecule has 1 aromatic rings. The van der Waals surface area contributed by atoms with Gasteiger partial charge in [0, 0.05) is 24.5 Å². The molecule has 0 saturated carbocycles. The Balaban J connectivity index is 1.71. The molecule has 1 aromatic heterocycles. The maximum atomic E-state index is 3.96. The number of hydrogen-bond donors (Lipinski definition) is 2. The van der Waals surface area contributed by atoms with Gasteiger partial charge in [0.15, 0.2) is 0 Å². The normalized spacial score (nSPS) is 20.6. The van der Waals surface area contributed by atoms with Gasteiger partial charge in [-0.15, -0.1) is 0 Å². The summed E-state index contributed by atoms with van der Waals surface area (Å²) in [4.78, 5) is 2.54. The SMILES string of the molecule is CCN1CCC(C(C)NCc2ccn[nH]2)CC1. The number of piperidine rings is 1. The highest BCUT2D eigenvalue weighted by atomic mass is 15.1. The van der Waals surface area contributed by atoms with E-state index >= 15 is 0 Å². The van der Waals surface area contributed by atoms with E-state index < -0.39 is 0 Å². The Morgan fingerprint density at radius 3 is 2.88 bits per heavy atom. The summed E-state index contributed by atoms with van der Waals surface area (Å²) in [7, 11) is 0. The predicted molar refractivity (Wildman–Crippen MR) is 69.7 cm³/mol. The molecule has 96 valence electrons. The van der Waals surface area contributed by atoms with Crippen LogP contribution in [0.15, 0.2) is 12.3 Å². The van der Waals surface area contributed by atoms with Gasteiger partial charge in [-0.25, -0.2) is 0 Å². The molecule has 1 saturated heterocycles. The van der Waals surface area contributed by atoms with E-state index in [9.17, 15) is 0 Å². The fraction of sp³-hybridized carbons (Fsp3) is 0.769. The topological polar surface area (TPSA) is 44.0 Å². The van der Waals surface area contributed by atoms with E-state index in [-0.39, 0.29) is 0 Å². The van der Waals surface area contributed by atoms with Crippen LogP contribution in [0.5, 0.6) is 0 Å². The third-order valence-electron chi connectivity index (χ3n) is 3.96. The highest BCUT2D eigenvalue weighted by Crippen LogP contribution is 2.20. The summed E-state index contributed by atoms with van der Waals surface area (Å²) in [5.41, 5.74) is 1.17. The number of rotatable bonds is 5. The average Bonchev–Trinajstić information content (AvgIpc) is 2.89. The molecule has 4 nitrogen and oxygen atoms in total. The van der Waals surface area contributed by atoms with Crippen LogP contribution in [0.2, 0.25) is 0 Å². The van der Waals surface area contributed by atoms with Crippen molar-refractivity contribution < 1.29 is 0 Å². The number of nitrogens with one attached hydrogen (secondary N) is 2. The minimum Gasteiger partial charge on any atom is -0.308 e. The first-order chi connectivity index (χ1) is 8.29. The van der Waals surface area contributed by atoms with Gasteiger partial charge >= 0.3 is 0 Å². The Bertz CT molecular complexity index is 301. The molecule has 0 radical (unpaired) electrons. The lowest BCUT2D eigenvalue weighted by molar-refractivity contribution is 0.168. The summed E-state index contributed by atoms with van der Waals surface area (Å²) in [5, 5.41) is 10.6. The molecular weight excluding hydrogens is 212 g/mol. The van der Waals surface area contributed by atoms with Gasteiger partial charge in [0.1, 0.15) is 0 Å². The Labute approximate surface area is 104 Å². The lowest BCUT2D eigenvalue weighted by Gasteiger charge is -2.34. The van der Waals surface area contributed by atoms with E-state index in [1.165, 1.54) is 38.2 Å². The van der Waals surface area contributed by atoms with Gasteiger partial charge in [-0.1, -0.05) is 6.92 Å². The first kappa shape index (κ1) is 12.6. The van der Waals surface area contributed by atoms with Crippen LogP contribution < -0.4 is 5.32 Å². The maximum absolute atomic E-state index is 3.96. The molecule has 1 aliphatic heterocycles. The minimum atomic E-state index is 0.595. The van der Waals surface area contributed by atoms with Crippen molar-refractivity contribution in [3.8, 4) is 0 Å². The second-order valence-electron chi connectivity index (χ2n) is 5.02. The van der Waals surface area contributed by atoms with Crippen molar-refractivity contribution in [2.24, 2.45) is 5.92 Å². The third-order valence-corrected chi connectivity index (χ3v) is 3.96. The van der Waals surface area contributed by atoms with Crippen molar-refractivity contribution in [1.82, 2.24) is 20.4 Å². The zero-order chi connectivity index (χ0) is 12.1. The molecule has 2 rings (SSSR count). The number of likely N-dealkylation sites (tertiary alicyclic amines) is 1. The van der Waals surface area contributed by atoms with Crippen LogP contribution in [-0.2, 0) is 6.54 Å². The molecular formula is C13H24N4. The lowest BCUT2D eigenvalue weighted by Crippen LogP contribution is -2.41. The predicted octanol–water partition coefficient (Wildman–Crippen LogP) is 1.62.